The molecule has 2 aromatic heterocycles. The number of carboxylic acids is 2. The maximum atomic E-state index is 14.7. The molecule has 0 saturated carbocycles. The molecule has 8 aromatic rings. The van der Waals surface area contributed by atoms with Crippen LogP contribution in [-0.2, 0) is 47.5 Å². The van der Waals surface area contributed by atoms with Crippen LogP contribution < -0.4 is 25.7 Å². The quantitative estimate of drug-likeness (QED) is 0.0430. The van der Waals surface area contributed by atoms with Gasteiger partial charge in [-0.1, -0.05) is 36.4 Å². The lowest BCUT2D eigenvalue weighted by Gasteiger charge is -2.26. The molecule has 0 fully saturated rings. The Hall–Kier alpha value is -9.34. The summed E-state index contributed by atoms with van der Waals surface area (Å²) >= 11 is 0. The number of aromatic carboxylic acids is 2. The number of ketones is 2. The van der Waals surface area contributed by atoms with Gasteiger partial charge in [0.2, 0.25) is 5.95 Å². The van der Waals surface area contributed by atoms with Gasteiger partial charge >= 0.3 is 24.0 Å². The highest BCUT2D eigenvalue weighted by Gasteiger charge is 2.35. The number of ether oxygens (including phenoxy) is 2. The number of nitrogens with one attached hydrogen (secondary N) is 2. The molecule has 0 amide bonds. The third-order valence-corrected chi connectivity index (χ3v) is 15.0. The Morgan fingerprint density at radius 2 is 1.09 bits per heavy atom. The van der Waals surface area contributed by atoms with Crippen LogP contribution in [0.5, 0.6) is 23.5 Å². The van der Waals surface area contributed by atoms with Gasteiger partial charge in [-0.3, -0.25) is 32.6 Å². The number of rotatable bonds is 16. The number of fused-ring (bicyclic) bond motifs is 2. The van der Waals surface area contributed by atoms with Crippen LogP contribution in [0.1, 0.15) is 52.6 Å². The minimum absolute atomic E-state index is 0.0230. The molecule has 31 heteroatoms. The first-order valence-electron chi connectivity index (χ1n) is 21.4. The molecular weight excluding hydrogens is 1110 g/mol. The molecule has 0 unspecified atom stereocenters. The average molecular weight is 1140 g/mol. The SMILES string of the molecule is Cn1c(=O)c(C(=O)c2cccc(S(=O)(=O)O)c2)c2c3c(c(Nc4cc(Nc5nc(Oc6ccc(S(=O)(=O)O)cc6)nc(Oc6cc(C(=O)O)cc(C(=O)O)c6)n5)c(S(=O)(=O)O)cc4S(=O)(=O)O)ccc31)C(=O)c1ccccc1-2. The van der Waals surface area contributed by atoms with Gasteiger partial charge < -0.3 is 34.9 Å². The Labute approximate surface area is 437 Å². The number of carbonyl (C=O) groups excluding carboxylic acids is 2. The fraction of sp³-hybridized carbons (Fsp3) is 0.0213. The molecule has 27 nitrogen and oxygen atoms in total. The molecule has 0 radical (unpaired) electrons. The van der Waals surface area contributed by atoms with E-state index in [0.29, 0.717) is 6.07 Å². The second-order valence-electron chi connectivity index (χ2n) is 16.5. The number of benzene rings is 6. The Morgan fingerprint density at radius 3 is 1.65 bits per heavy atom. The lowest BCUT2D eigenvalue weighted by molar-refractivity contribution is 0.0695. The predicted octanol–water partition coefficient (Wildman–Crippen LogP) is 5.62. The molecule has 9 rings (SSSR count). The van der Waals surface area contributed by atoms with Crippen molar-refractivity contribution in [2.24, 2.45) is 7.05 Å². The summed E-state index contributed by atoms with van der Waals surface area (Å²) in [5.74, 6) is -6.60. The first kappa shape index (κ1) is 53.5. The maximum absolute atomic E-state index is 14.7. The number of hydrogen-bond donors (Lipinski definition) is 8. The van der Waals surface area contributed by atoms with E-state index < -0.39 is 141 Å². The fourth-order valence-electron chi connectivity index (χ4n) is 8.16. The van der Waals surface area contributed by atoms with Gasteiger partial charge in [-0.05, 0) is 84.4 Å². The van der Waals surface area contributed by atoms with Crippen LogP contribution in [0, 0.1) is 0 Å². The van der Waals surface area contributed by atoms with Crippen LogP contribution >= 0.6 is 0 Å². The monoisotopic (exact) mass is 1140 g/mol. The molecular formula is C47H30N6O21S4. The van der Waals surface area contributed by atoms with Gasteiger partial charge in [0.15, 0.2) is 11.6 Å². The van der Waals surface area contributed by atoms with Crippen LogP contribution in [0.3, 0.4) is 0 Å². The van der Waals surface area contributed by atoms with Crippen LogP contribution in [-0.4, -0.2) is 105 Å². The molecule has 1 aliphatic rings. The van der Waals surface area contributed by atoms with Crippen LogP contribution in [0.2, 0.25) is 0 Å². The first-order chi connectivity index (χ1) is 36.5. The van der Waals surface area contributed by atoms with E-state index in [1.165, 1.54) is 49.5 Å². The second kappa shape index (κ2) is 19.3. The van der Waals surface area contributed by atoms with Gasteiger partial charge in [-0.25, -0.2) is 9.59 Å². The number of carboxylic acid groups (broad SMARTS) is 2. The summed E-state index contributed by atoms with van der Waals surface area (Å²) in [7, 11) is -19.4. The minimum atomic E-state index is -5.57. The Kier molecular flexibility index (Phi) is 13.3. The van der Waals surface area contributed by atoms with E-state index in [9.17, 15) is 86.1 Å². The topological polar surface area (TPSA) is 429 Å². The van der Waals surface area contributed by atoms with Crippen molar-refractivity contribution in [1.82, 2.24) is 19.5 Å². The molecule has 78 heavy (non-hydrogen) atoms. The maximum Gasteiger partial charge on any atom is 0.335 e. The van der Waals surface area contributed by atoms with Crippen molar-refractivity contribution >= 4 is 97.9 Å². The summed E-state index contributed by atoms with van der Waals surface area (Å²) in [6.45, 7) is 0. The van der Waals surface area contributed by atoms with E-state index in [1.54, 1.807) is 0 Å². The van der Waals surface area contributed by atoms with Crippen molar-refractivity contribution in [3.05, 3.63) is 159 Å². The van der Waals surface area contributed by atoms with E-state index in [4.69, 9.17) is 9.47 Å². The number of anilines is 4. The summed E-state index contributed by atoms with van der Waals surface area (Å²) in [5, 5.41) is 24.3. The number of aryl methyl sites for hydroxylation is 1. The molecule has 6 aromatic carbocycles. The van der Waals surface area contributed by atoms with Crippen LogP contribution in [0.15, 0.2) is 140 Å². The molecule has 398 valence electrons. The van der Waals surface area contributed by atoms with Gasteiger partial charge in [0, 0.05) is 29.1 Å². The third-order valence-electron chi connectivity index (χ3n) is 11.5. The molecule has 0 atom stereocenters. The number of aromatic nitrogens is 4. The lowest BCUT2D eigenvalue weighted by Crippen LogP contribution is -2.29. The minimum Gasteiger partial charge on any atom is -0.478 e. The van der Waals surface area contributed by atoms with Gasteiger partial charge in [-0.15, -0.1) is 4.98 Å². The molecule has 2 heterocycles. The molecule has 0 aliphatic heterocycles. The molecule has 0 spiro atoms. The van der Waals surface area contributed by atoms with Crippen molar-refractivity contribution in [2.45, 2.75) is 19.6 Å². The highest BCUT2D eigenvalue weighted by atomic mass is 32.2. The van der Waals surface area contributed by atoms with Crippen LogP contribution in [0.25, 0.3) is 22.0 Å². The molecule has 0 saturated heterocycles. The third kappa shape index (κ3) is 10.3. The summed E-state index contributed by atoms with van der Waals surface area (Å²) in [4.78, 5) is 75.4. The number of carbonyl (C=O) groups is 4. The van der Waals surface area contributed by atoms with Crippen LogP contribution in [0.4, 0.5) is 23.0 Å². The van der Waals surface area contributed by atoms with E-state index in [0.717, 1.165) is 65.2 Å². The zero-order valence-electron chi connectivity index (χ0n) is 38.7. The smallest absolute Gasteiger partial charge is 0.335 e. The Morgan fingerprint density at radius 1 is 0.526 bits per heavy atom. The summed E-state index contributed by atoms with van der Waals surface area (Å²) in [6.07, 6.45) is 0. The summed E-state index contributed by atoms with van der Waals surface area (Å²) in [6, 6.07) is 18.0. The first-order valence-corrected chi connectivity index (χ1v) is 27.2. The fourth-order valence-corrected chi connectivity index (χ4v) is 10.5. The summed E-state index contributed by atoms with van der Waals surface area (Å²) in [5.41, 5.74) is -5.46. The number of hydrogen-bond acceptors (Lipinski definition) is 20. The van der Waals surface area contributed by atoms with Crippen molar-refractivity contribution in [2.75, 3.05) is 10.6 Å². The largest absolute Gasteiger partial charge is 0.478 e. The lowest BCUT2D eigenvalue weighted by atomic mass is 9.80. The van der Waals surface area contributed by atoms with Gasteiger partial charge in [0.05, 0.1) is 54.6 Å². The van der Waals surface area contributed by atoms with Gasteiger partial charge in [0.25, 0.3) is 46.0 Å². The van der Waals surface area contributed by atoms with E-state index >= 15 is 0 Å². The molecule has 0 bridgehead atoms. The van der Waals surface area contributed by atoms with Gasteiger partial charge in [-0.2, -0.15) is 43.6 Å². The normalized spacial score (nSPS) is 12.4. The Balaban J connectivity index is 1.23. The van der Waals surface area contributed by atoms with Crippen molar-refractivity contribution < 1.29 is 90.7 Å². The molecule has 1 aliphatic carbocycles. The number of pyridine rings is 1. The van der Waals surface area contributed by atoms with E-state index in [-0.39, 0.29) is 56.2 Å². The second-order valence-corrected chi connectivity index (χ2v) is 22.1. The zero-order chi connectivity index (χ0) is 56.6. The van der Waals surface area contributed by atoms with Crippen molar-refractivity contribution in [1.29, 1.82) is 0 Å². The summed E-state index contributed by atoms with van der Waals surface area (Å²) < 4.78 is 152. The van der Waals surface area contributed by atoms with E-state index in [2.05, 4.69) is 25.6 Å². The molecule has 8 N–H and O–H groups in total. The average Bonchev–Trinajstić information content (AvgIpc) is 3.49. The van der Waals surface area contributed by atoms with Gasteiger partial charge in [0.1, 0.15) is 21.3 Å². The van der Waals surface area contributed by atoms with Crippen molar-refractivity contribution in [3.8, 4) is 34.6 Å². The van der Waals surface area contributed by atoms with E-state index in [1.807, 2.05) is 0 Å². The Bertz CT molecular complexity index is 4500. The number of nitrogens with zero attached hydrogens (tertiary/aromatic N) is 4. The highest BCUT2D eigenvalue weighted by Crippen LogP contribution is 2.45. The highest BCUT2D eigenvalue weighted by molar-refractivity contribution is 7.87. The standard InChI is InChI=1S/C47H30N6O21S4/c1-53-33-14-13-30(37-38(33)36(28-7-2-3-8-29(28)41(37)55)39(42(53)56)40(54)21-5-4-6-27(18-21)76(64,65)66)48-31-19-32(35(78(70,71)72)20-34(31)77(67,68)69)49-45-50-46(73-24-9-11-26(12-10-24)75(61,62)63)52-47(51-45)74-25-16-22(43(57)58)15-23(17-25)44(59)60/h2-20,48H,1H3,(H,57,58)(H,59,60)(H,61,62,63)(H,64,65,66)(H,67,68,69)(H,70,71,72)(H,49,50,51,52). The predicted molar refractivity (Wildman–Crippen MR) is 267 cm³/mol. The van der Waals surface area contributed by atoms with Crippen molar-refractivity contribution in [3.63, 3.8) is 0 Å². The zero-order valence-corrected chi connectivity index (χ0v) is 42.0.